The predicted octanol–water partition coefficient (Wildman–Crippen LogP) is 2.28. The molecule has 1 heterocycles. The van der Waals surface area contributed by atoms with E-state index in [2.05, 4.69) is 15.5 Å². The van der Waals surface area contributed by atoms with Gasteiger partial charge in [0.15, 0.2) is 0 Å². The number of hydrogen-bond acceptors (Lipinski definition) is 4. The Labute approximate surface area is 86.5 Å². The highest BCUT2D eigenvalue weighted by atomic mass is 35.5. The van der Waals surface area contributed by atoms with Crippen LogP contribution in [-0.4, -0.2) is 22.1 Å². The zero-order valence-corrected chi connectivity index (χ0v) is 9.03. The van der Waals surface area contributed by atoms with Crippen LogP contribution < -0.4 is 5.32 Å². The van der Waals surface area contributed by atoms with Gasteiger partial charge in [-0.05, 0) is 25.7 Å². The topological polar surface area (TPSA) is 37.8 Å². The number of nitrogens with zero attached hydrogens (tertiary/aromatic N) is 2. The van der Waals surface area contributed by atoms with Crippen molar-refractivity contribution in [1.29, 1.82) is 0 Å². The minimum absolute atomic E-state index is 0.406. The Bertz CT molecular complexity index is 283. The molecule has 0 radical (unpaired) electrons. The summed E-state index contributed by atoms with van der Waals surface area (Å²) in [6.45, 7) is 2.94. The molecule has 0 atom stereocenters. The molecule has 0 spiro atoms. The van der Waals surface area contributed by atoms with Crippen LogP contribution in [0.5, 0.6) is 0 Å². The first-order chi connectivity index (χ1) is 6.24. The summed E-state index contributed by atoms with van der Waals surface area (Å²) < 4.78 is 0. The number of anilines is 1. The van der Waals surface area contributed by atoms with Gasteiger partial charge in [0, 0.05) is 11.9 Å². The molecule has 1 aromatic heterocycles. The van der Waals surface area contributed by atoms with Crippen LogP contribution >= 0.6 is 22.9 Å². The highest BCUT2D eigenvalue weighted by Gasteiger charge is 2.26. The van der Waals surface area contributed by atoms with Crippen LogP contribution in [0.3, 0.4) is 0 Å². The summed E-state index contributed by atoms with van der Waals surface area (Å²) in [5.74, 6) is 0.728. The van der Waals surface area contributed by atoms with E-state index in [-0.39, 0.29) is 0 Å². The Morgan fingerprint density at radius 2 is 2.31 bits per heavy atom. The van der Waals surface area contributed by atoms with Crippen LogP contribution in [0.4, 0.5) is 5.13 Å². The molecule has 72 valence electrons. The summed E-state index contributed by atoms with van der Waals surface area (Å²) in [7, 11) is 0. The third kappa shape index (κ3) is 2.31. The van der Waals surface area contributed by atoms with Crippen LogP contribution in [-0.2, 0) is 0 Å². The number of hydrogen-bond donors (Lipinski definition) is 1. The van der Waals surface area contributed by atoms with Crippen molar-refractivity contribution in [2.45, 2.75) is 25.1 Å². The molecular formula is C8H12ClN3S. The van der Waals surface area contributed by atoms with Gasteiger partial charge in [-0.3, -0.25) is 0 Å². The van der Waals surface area contributed by atoms with Gasteiger partial charge in [0.05, 0.1) is 0 Å². The van der Waals surface area contributed by atoms with Gasteiger partial charge in [-0.15, -0.1) is 21.8 Å². The SMILES string of the molecule is Cc1nnc(NCC2CC(Cl)C2)s1. The summed E-state index contributed by atoms with van der Waals surface area (Å²) in [5.41, 5.74) is 0. The van der Waals surface area contributed by atoms with Crippen LogP contribution in [0.25, 0.3) is 0 Å². The fourth-order valence-electron chi connectivity index (χ4n) is 1.42. The van der Waals surface area contributed by atoms with E-state index in [0.717, 1.165) is 35.4 Å². The van der Waals surface area contributed by atoms with Gasteiger partial charge >= 0.3 is 0 Å². The van der Waals surface area contributed by atoms with Crippen LogP contribution in [0.15, 0.2) is 0 Å². The molecular weight excluding hydrogens is 206 g/mol. The largest absolute Gasteiger partial charge is 0.360 e. The number of nitrogens with one attached hydrogen (secondary N) is 1. The first kappa shape index (κ1) is 9.21. The van der Waals surface area contributed by atoms with E-state index >= 15 is 0 Å². The molecule has 1 aliphatic rings. The molecule has 3 nitrogen and oxygen atoms in total. The van der Waals surface area contributed by atoms with Crippen molar-refractivity contribution in [3.8, 4) is 0 Å². The molecule has 5 heteroatoms. The van der Waals surface area contributed by atoms with Gasteiger partial charge < -0.3 is 5.32 Å². The zero-order valence-electron chi connectivity index (χ0n) is 7.46. The van der Waals surface area contributed by atoms with Gasteiger partial charge in [0.2, 0.25) is 5.13 Å². The molecule has 1 N–H and O–H groups in total. The van der Waals surface area contributed by atoms with Gasteiger partial charge in [0.1, 0.15) is 5.01 Å². The van der Waals surface area contributed by atoms with Crippen LogP contribution in [0, 0.1) is 12.8 Å². The smallest absolute Gasteiger partial charge is 0.205 e. The number of aromatic nitrogens is 2. The second-order valence-electron chi connectivity index (χ2n) is 3.44. The Morgan fingerprint density at radius 1 is 1.54 bits per heavy atom. The maximum Gasteiger partial charge on any atom is 0.205 e. The van der Waals surface area contributed by atoms with Crippen molar-refractivity contribution in [1.82, 2.24) is 10.2 Å². The average molecular weight is 218 g/mol. The number of halogens is 1. The normalized spacial score (nSPS) is 26.9. The fraction of sp³-hybridized carbons (Fsp3) is 0.750. The molecule has 2 rings (SSSR count). The lowest BCUT2D eigenvalue weighted by molar-refractivity contribution is 0.341. The van der Waals surface area contributed by atoms with Crippen LogP contribution in [0.2, 0.25) is 0 Å². The van der Waals surface area contributed by atoms with E-state index < -0.39 is 0 Å². The minimum atomic E-state index is 0.406. The first-order valence-corrected chi connectivity index (χ1v) is 5.67. The molecule has 0 aromatic carbocycles. The third-order valence-electron chi connectivity index (χ3n) is 2.25. The Kier molecular flexibility index (Phi) is 2.69. The highest BCUT2D eigenvalue weighted by Crippen LogP contribution is 2.32. The standard InChI is InChI=1S/C8H12ClN3S/c1-5-11-12-8(13-5)10-4-6-2-7(9)3-6/h6-7H,2-4H2,1H3,(H,10,12). The Morgan fingerprint density at radius 3 is 2.85 bits per heavy atom. The Hall–Kier alpha value is -0.350. The molecule has 0 unspecified atom stereocenters. The summed E-state index contributed by atoms with van der Waals surface area (Å²) in [6, 6.07) is 0. The summed E-state index contributed by atoms with van der Waals surface area (Å²) >= 11 is 7.48. The highest BCUT2D eigenvalue weighted by molar-refractivity contribution is 7.15. The zero-order chi connectivity index (χ0) is 9.26. The third-order valence-corrected chi connectivity index (χ3v) is 3.40. The van der Waals surface area contributed by atoms with Crippen molar-refractivity contribution in [3.63, 3.8) is 0 Å². The second-order valence-corrected chi connectivity index (χ2v) is 5.24. The predicted molar refractivity (Wildman–Crippen MR) is 55.5 cm³/mol. The summed E-state index contributed by atoms with van der Waals surface area (Å²) in [4.78, 5) is 0. The van der Waals surface area contributed by atoms with Crippen molar-refractivity contribution in [2.75, 3.05) is 11.9 Å². The monoisotopic (exact) mass is 217 g/mol. The van der Waals surface area contributed by atoms with E-state index in [1.165, 1.54) is 0 Å². The van der Waals surface area contributed by atoms with E-state index in [1.54, 1.807) is 11.3 Å². The summed E-state index contributed by atoms with van der Waals surface area (Å²) in [6.07, 6.45) is 2.26. The van der Waals surface area contributed by atoms with Gasteiger partial charge in [-0.1, -0.05) is 11.3 Å². The van der Waals surface area contributed by atoms with Crippen molar-refractivity contribution < 1.29 is 0 Å². The first-order valence-electron chi connectivity index (χ1n) is 4.42. The van der Waals surface area contributed by atoms with E-state index in [0.29, 0.717) is 5.38 Å². The number of rotatable bonds is 3. The molecule has 0 bridgehead atoms. The number of alkyl halides is 1. The van der Waals surface area contributed by atoms with Crippen LogP contribution in [0.1, 0.15) is 17.8 Å². The minimum Gasteiger partial charge on any atom is -0.360 e. The maximum atomic E-state index is 5.88. The van der Waals surface area contributed by atoms with Crippen molar-refractivity contribution in [2.24, 2.45) is 5.92 Å². The van der Waals surface area contributed by atoms with Gasteiger partial charge in [0.25, 0.3) is 0 Å². The van der Waals surface area contributed by atoms with E-state index in [1.807, 2.05) is 6.92 Å². The second kappa shape index (κ2) is 3.80. The lowest BCUT2D eigenvalue weighted by Gasteiger charge is -2.30. The van der Waals surface area contributed by atoms with Crippen molar-refractivity contribution in [3.05, 3.63) is 5.01 Å². The van der Waals surface area contributed by atoms with Gasteiger partial charge in [-0.2, -0.15) is 0 Å². The fourth-order valence-corrected chi connectivity index (χ4v) is 2.52. The molecule has 1 saturated carbocycles. The molecule has 13 heavy (non-hydrogen) atoms. The van der Waals surface area contributed by atoms with Crippen molar-refractivity contribution >= 4 is 28.1 Å². The Balaban J connectivity index is 1.74. The maximum absolute atomic E-state index is 5.88. The lowest BCUT2D eigenvalue weighted by Crippen LogP contribution is -2.29. The van der Waals surface area contributed by atoms with Gasteiger partial charge in [-0.25, -0.2) is 0 Å². The molecule has 1 fully saturated rings. The quantitative estimate of drug-likeness (QED) is 0.790. The van der Waals surface area contributed by atoms with E-state index in [9.17, 15) is 0 Å². The van der Waals surface area contributed by atoms with E-state index in [4.69, 9.17) is 11.6 Å². The summed E-state index contributed by atoms with van der Waals surface area (Å²) in [5, 5.41) is 13.5. The molecule has 1 aromatic rings. The molecule has 0 amide bonds. The lowest BCUT2D eigenvalue weighted by atomic mass is 9.85. The number of aryl methyl sites for hydroxylation is 1. The average Bonchev–Trinajstić information content (AvgIpc) is 2.43. The molecule has 0 saturated heterocycles. The molecule has 0 aliphatic heterocycles. The molecule has 1 aliphatic carbocycles.